The molecule has 0 spiro atoms. The van der Waals surface area contributed by atoms with Crippen molar-refractivity contribution in [1.82, 2.24) is 4.57 Å². The Morgan fingerprint density at radius 2 is 1.80 bits per heavy atom. The van der Waals surface area contributed by atoms with Crippen LogP contribution >= 0.6 is 39.3 Å². The third-order valence-electron chi connectivity index (χ3n) is 6.89. The Bertz CT molecular complexity index is 1680. The van der Waals surface area contributed by atoms with E-state index in [1.807, 2.05) is 47.9 Å². The number of aryl methyl sites for hydroxylation is 2. The van der Waals surface area contributed by atoms with E-state index in [1.165, 1.54) is 12.7 Å². The number of carbonyl (C=O) groups excluding carboxylic acids is 1. The first-order valence-corrected chi connectivity index (χ1v) is 15.0. The average molecular weight is 639 g/mol. The first-order chi connectivity index (χ1) is 19.4. The highest BCUT2D eigenvalue weighted by atomic mass is 79.9. The van der Waals surface area contributed by atoms with Gasteiger partial charge in [-0.15, -0.1) is 11.8 Å². The molecule has 0 saturated heterocycles. The van der Waals surface area contributed by atoms with Gasteiger partial charge in [0, 0.05) is 32.4 Å². The maximum Gasteiger partial charge on any atom is 0.354 e. The molecule has 0 N–H and O–H groups in total. The largest absolute Gasteiger partial charge is 0.497 e. The van der Waals surface area contributed by atoms with Gasteiger partial charge in [-0.1, -0.05) is 48.0 Å². The predicted octanol–water partition coefficient (Wildman–Crippen LogP) is 9.08. The topological polar surface area (TPSA) is 49.7 Å². The number of methoxy groups -OCH3 is 2. The molecule has 0 atom stereocenters. The van der Waals surface area contributed by atoms with E-state index in [9.17, 15) is 4.79 Å². The number of halogens is 2. The highest BCUT2D eigenvalue weighted by Crippen LogP contribution is 2.37. The molecule has 0 radical (unpaired) electrons. The second kappa shape index (κ2) is 12.6. The van der Waals surface area contributed by atoms with E-state index in [2.05, 4.69) is 52.3 Å². The van der Waals surface area contributed by atoms with Crippen molar-refractivity contribution in [2.45, 2.75) is 30.5 Å². The van der Waals surface area contributed by atoms with Crippen LogP contribution in [0.1, 0.15) is 28.0 Å². The molecule has 0 fully saturated rings. The minimum Gasteiger partial charge on any atom is -0.497 e. The van der Waals surface area contributed by atoms with E-state index in [4.69, 9.17) is 25.8 Å². The highest BCUT2D eigenvalue weighted by Gasteiger charge is 2.23. The van der Waals surface area contributed by atoms with Crippen LogP contribution in [0.25, 0.3) is 21.7 Å². The van der Waals surface area contributed by atoms with Crippen molar-refractivity contribution in [2.24, 2.45) is 0 Å². The fraction of sp³-hybridized carbons (Fsp3) is 0.219. The number of aromatic nitrogens is 1. The number of hydrogen-bond donors (Lipinski definition) is 0. The summed E-state index contributed by atoms with van der Waals surface area (Å²) in [4.78, 5) is 13.9. The molecule has 1 heterocycles. The van der Waals surface area contributed by atoms with Crippen LogP contribution in [0.5, 0.6) is 11.5 Å². The molecule has 4 aromatic carbocycles. The van der Waals surface area contributed by atoms with Gasteiger partial charge in [-0.3, -0.25) is 0 Å². The third kappa shape index (κ3) is 5.82. The van der Waals surface area contributed by atoms with Gasteiger partial charge in [-0.25, -0.2) is 4.79 Å². The number of carbonyl (C=O) groups is 1. The smallest absolute Gasteiger partial charge is 0.354 e. The van der Waals surface area contributed by atoms with Crippen molar-refractivity contribution in [3.63, 3.8) is 0 Å². The van der Waals surface area contributed by atoms with Crippen LogP contribution in [0, 0.1) is 6.92 Å². The molecule has 8 heteroatoms. The third-order valence-corrected chi connectivity index (χ3v) is 9.30. The number of esters is 1. The fourth-order valence-electron chi connectivity index (χ4n) is 4.90. The molecule has 5 nitrogen and oxygen atoms in total. The Balaban J connectivity index is 1.34. The van der Waals surface area contributed by atoms with Crippen LogP contribution in [0.3, 0.4) is 0 Å². The average Bonchev–Trinajstić information content (AvgIpc) is 3.27. The van der Waals surface area contributed by atoms with Gasteiger partial charge in [-0.05, 0) is 82.2 Å². The molecule has 1 aromatic heterocycles. The first kappa shape index (κ1) is 28.4. The van der Waals surface area contributed by atoms with Crippen LogP contribution in [0.15, 0.2) is 82.2 Å². The fourth-order valence-corrected chi connectivity index (χ4v) is 6.62. The number of hydrogen-bond acceptors (Lipinski definition) is 5. The molecule has 5 rings (SSSR count). The second-order valence-corrected chi connectivity index (χ2v) is 11.6. The minimum absolute atomic E-state index is 0.370. The van der Waals surface area contributed by atoms with E-state index in [-0.39, 0.29) is 5.97 Å². The zero-order chi connectivity index (χ0) is 28.2. The number of benzene rings is 4. The van der Waals surface area contributed by atoms with E-state index in [0.717, 1.165) is 53.9 Å². The van der Waals surface area contributed by atoms with Gasteiger partial charge in [0.15, 0.2) is 0 Å². The monoisotopic (exact) mass is 637 g/mol. The molecule has 0 bridgehead atoms. The molecule has 206 valence electrons. The van der Waals surface area contributed by atoms with E-state index >= 15 is 0 Å². The molecule has 0 aliphatic heterocycles. The first-order valence-electron chi connectivity index (χ1n) is 12.9. The Morgan fingerprint density at radius 1 is 1.02 bits per heavy atom. The standard InChI is InChI=1S/C32H29BrClNO4S/c1-20-29-27(14-13-26(34)30(29)33)35(31(20)32(36)38-3)15-6-16-39-28-18-24(17-22-7-4-5-8-25(22)28)40-19-21-9-11-23(37-2)12-10-21/h4-5,7-14,17-18H,6,15-16,19H2,1-3H3. The summed E-state index contributed by atoms with van der Waals surface area (Å²) in [6, 6.07) is 24.5. The predicted molar refractivity (Wildman–Crippen MR) is 167 cm³/mol. The lowest BCUT2D eigenvalue weighted by molar-refractivity contribution is 0.0587. The minimum atomic E-state index is -0.370. The SMILES string of the molecule is COC(=O)c1c(C)c2c(Br)c(Cl)ccc2n1CCCOc1cc(SCc2ccc(OC)cc2)cc2ccccc12. The number of nitrogens with zero attached hydrogens (tertiary/aromatic N) is 1. The van der Waals surface area contributed by atoms with Gasteiger partial charge in [-0.2, -0.15) is 0 Å². The summed E-state index contributed by atoms with van der Waals surface area (Å²) in [6.45, 7) is 3.00. The highest BCUT2D eigenvalue weighted by molar-refractivity contribution is 9.10. The Hall–Kier alpha value is -3.13. The zero-order valence-electron chi connectivity index (χ0n) is 22.5. The molecule has 0 amide bonds. The maximum atomic E-state index is 12.7. The summed E-state index contributed by atoms with van der Waals surface area (Å²) < 4.78 is 19.5. The molecule has 5 aromatic rings. The van der Waals surface area contributed by atoms with Gasteiger partial charge in [0.1, 0.15) is 17.2 Å². The second-order valence-electron chi connectivity index (χ2n) is 9.35. The number of fused-ring (bicyclic) bond motifs is 2. The quantitative estimate of drug-likeness (QED) is 0.0868. The summed E-state index contributed by atoms with van der Waals surface area (Å²) in [6.07, 6.45) is 0.699. The summed E-state index contributed by atoms with van der Waals surface area (Å²) in [5, 5.41) is 3.73. The van der Waals surface area contributed by atoms with Crippen molar-refractivity contribution >= 4 is 66.9 Å². The van der Waals surface area contributed by atoms with Gasteiger partial charge in [0.05, 0.1) is 31.4 Å². The lowest BCUT2D eigenvalue weighted by Crippen LogP contribution is -2.13. The van der Waals surface area contributed by atoms with Crippen LogP contribution in [-0.4, -0.2) is 31.4 Å². The Morgan fingerprint density at radius 3 is 2.55 bits per heavy atom. The van der Waals surface area contributed by atoms with E-state index in [0.29, 0.717) is 30.3 Å². The van der Waals surface area contributed by atoms with Crippen LogP contribution in [0.2, 0.25) is 5.02 Å². The lowest BCUT2D eigenvalue weighted by Gasteiger charge is -2.14. The van der Waals surface area contributed by atoms with Gasteiger partial charge < -0.3 is 18.8 Å². The molecule has 0 unspecified atom stereocenters. The van der Waals surface area contributed by atoms with Crippen molar-refractivity contribution in [1.29, 1.82) is 0 Å². The van der Waals surface area contributed by atoms with Gasteiger partial charge in [0.25, 0.3) is 0 Å². The Kier molecular flexibility index (Phi) is 8.94. The van der Waals surface area contributed by atoms with E-state index in [1.54, 1.807) is 18.9 Å². The molecule has 40 heavy (non-hydrogen) atoms. The van der Waals surface area contributed by atoms with Gasteiger partial charge in [0.2, 0.25) is 0 Å². The normalized spacial score (nSPS) is 11.2. The maximum absolute atomic E-state index is 12.7. The van der Waals surface area contributed by atoms with E-state index < -0.39 is 0 Å². The van der Waals surface area contributed by atoms with Crippen molar-refractivity contribution in [2.75, 3.05) is 20.8 Å². The molecule has 0 saturated carbocycles. The van der Waals surface area contributed by atoms with Crippen LogP contribution in [0.4, 0.5) is 0 Å². The zero-order valence-corrected chi connectivity index (χ0v) is 25.7. The molecule has 0 aliphatic carbocycles. The number of thioether (sulfide) groups is 1. The number of rotatable bonds is 10. The lowest BCUT2D eigenvalue weighted by atomic mass is 10.1. The van der Waals surface area contributed by atoms with Crippen molar-refractivity contribution in [3.8, 4) is 11.5 Å². The van der Waals surface area contributed by atoms with Gasteiger partial charge >= 0.3 is 5.97 Å². The summed E-state index contributed by atoms with van der Waals surface area (Å²) >= 11 is 11.7. The molecule has 0 aliphatic rings. The summed E-state index contributed by atoms with van der Waals surface area (Å²) in [7, 11) is 3.08. The van der Waals surface area contributed by atoms with Crippen LogP contribution in [-0.2, 0) is 17.0 Å². The number of ether oxygens (including phenoxy) is 3. The molecular weight excluding hydrogens is 610 g/mol. The summed E-state index contributed by atoms with van der Waals surface area (Å²) in [5.41, 5.74) is 3.52. The van der Waals surface area contributed by atoms with Crippen molar-refractivity contribution in [3.05, 3.63) is 99.1 Å². The van der Waals surface area contributed by atoms with Crippen molar-refractivity contribution < 1.29 is 19.0 Å². The molecular formula is C32H29BrClNO4S. The van der Waals surface area contributed by atoms with Crippen LogP contribution < -0.4 is 9.47 Å². The Labute approximate surface area is 251 Å². The summed E-state index contributed by atoms with van der Waals surface area (Å²) in [5.74, 6) is 2.18.